The lowest BCUT2D eigenvalue weighted by molar-refractivity contribution is 0.0635. The maximum atomic E-state index is 10.0. The minimum atomic E-state index is -0.389. The Hall–Kier alpha value is -1.77. The van der Waals surface area contributed by atoms with Gasteiger partial charge in [0.1, 0.15) is 5.82 Å². The van der Waals surface area contributed by atoms with E-state index >= 15 is 0 Å². The Labute approximate surface area is 147 Å². The number of hydrogen-bond donors (Lipinski definition) is 1. The largest absolute Gasteiger partial charge is 0.389 e. The smallest absolute Gasteiger partial charge is 0.178 e. The number of nitrogens with zero attached hydrogens (tertiary/aromatic N) is 6. The van der Waals surface area contributed by atoms with Crippen LogP contribution in [0.5, 0.6) is 0 Å². The van der Waals surface area contributed by atoms with E-state index in [9.17, 15) is 5.11 Å². The molecule has 25 heavy (non-hydrogen) atoms. The molecule has 0 aromatic carbocycles. The van der Waals surface area contributed by atoms with Gasteiger partial charge in [0.05, 0.1) is 25.4 Å². The van der Waals surface area contributed by atoms with Crippen LogP contribution in [0.1, 0.15) is 26.6 Å². The van der Waals surface area contributed by atoms with Gasteiger partial charge in [0.25, 0.3) is 0 Å². The molecule has 0 amide bonds. The maximum absolute atomic E-state index is 10.0. The van der Waals surface area contributed by atoms with Crippen LogP contribution < -0.4 is 4.90 Å². The van der Waals surface area contributed by atoms with Crippen molar-refractivity contribution >= 4 is 11.5 Å². The lowest BCUT2D eigenvalue weighted by Gasteiger charge is -2.46. The summed E-state index contributed by atoms with van der Waals surface area (Å²) < 4.78 is 7.22. The Bertz CT molecular complexity index is 764. The van der Waals surface area contributed by atoms with Gasteiger partial charge in [-0.3, -0.25) is 4.90 Å². The number of anilines is 1. The quantitative estimate of drug-likeness (QED) is 0.856. The molecule has 1 N–H and O–H groups in total. The molecule has 2 aliphatic rings. The molecule has 2 aromatic rings. The van der Waals surface area contributed by atoms with Crippen LogP contribution in [0.25, 0.3) is 5.65 Å². The number of ether oxygens (including phenoxy) is 1. The molecule has 4 heterocycles. The van der Waals surface area contributed by atoms with Crippen LogP contribution in [0.2, 0.25) is 0 Å². The van der Waals surface area contributed by atoms with Crippen LogP contribution in [-0.4, -0.2) is 81.4 Å². The molecule has 0 spiro atoms. The van der Waals surface area contributed by atoms with E-state index in [-0.39, 0.29) is 17.6 Å². The third kappa shape index (κ3) is 2.88. The first kappa shape index (κ1) is 16.7. The highest BCUT2D eigenvalue weighted by atomic mass is 16.5. The van der Waals surface area contributed by atoms with Crippen molar-refractivity contribution in [2.45, 2.75) is 44.4 Å². The van der Waals surface area contributed by atoms with E-state index in [1.165, 1.54) is 0 Å². The Morgan fingerprint density at radius 2 is 1.96 bits per heavy atom. The van der Waals surface area contributed by atoms with Crippen LogP contribution in [-0.2, 0) is 10.2 Å². The molecular formula is C17H26N6O2. The van der Waals surface area contributed by atoms with Crippen LogP contribution in [0, 0.1) is 0 Å². The molecule has 136 valence electrons. The summed E-state index contributed by atoms with van der Waals surface area (Å²) in [5, 5.41) is 23.3. The van der Waals surface area contributed by atoms with Crippen molar-refractivity contribution in [1.29, 1.82) is 0 Å². The first-order chi connectivity index (χ1) is 11.8. The summed E-state index contributed by atoms with van der Waals surface area (Å²) >= 11 is 0. The van der Waals surface area contributed by atoms with Crippen molar-refractivity contribution in [2.24, 2.45) is 0 Å². The first-order valence-corrected chi connectivity index (χ1v) is 8.80. The minimum Gasteiger partial charge on any atom is -0.389 e. The fourth-order valence-corrected chi connectivity index (χ4v) is 3.51. The SMILES string of the molecule is CN(C1CN(c2ccc3nnc(C(C)(C)C)n3n2)C1)C1COCC1O. The molecular weight excluding hydrogens is 320 g/mol. The minimum absolute atomic E-state index is 0.0907. The summed E-state index contributed by atoms with van der Waals surface area (Å²) in [7, 11) is 2.07. The van der Waals surface area contributed by atoms with Crippen LogP contribution in [0.15, 0.2) is 12.1 Å². The van der Waals surface area contributed by atoms with E-state index in [4.69, 9.17) is 9.84 Å². The molecule has 2 unspecified atom stereocenters. The number of hydrogen-bond acceptors (Lipinski definition) is 7. The van der Waals surface area contributed by atoms with Crippen molar-refractivity contribution < 1.29 is 9.84 Å². The monoisotopic (exact) mass is 346 g/mol. The van der Waals surface area contributed by atoms with Gasteiger partial charge in [0.15, 0.2) is 11.5 Å². The normalized spacial score (nSPS) is 25.1. The summed E-state index contributed by atoms with van der Waals surface area (Å²) in [6.45, 7) is 9.17. The topological polar surface area (TPSA) is 79.0 Å². The maximum Gasteiger partial charge on any atom is 0.178 e. The predicted molar refractivity (Wildman–Crippen MR) is 93.9 cm³/mol. The summed E-state index contributed by atoms with van der Waals surface area (Å²) in [4.78, 5) is 4.49. The van der Waals surface area contributed by atoms with Crippen molar-refractivity contribution in [1.82, 2.24) is 24.7 Å². The van der Waals surface area contributed by atoms with Crippen molar-refractivity contribution in [2.75, 3.05) is 38.3 Å². The zero-order chi connectivity index (χ0) is 17.8. The zero-order valence-corrected chi connectivity index (χ0v) is 15.3. The van der Waals surface area contributed by atoms with Gasteiger partial charge in [-0.25, -0.2) is 0 Å². The average molecular weight is 346 g/mol. The van der Waals surface area contributed by atoms with E-state index in [1.54, 1.807) is 0 Å². The van der Waals surface area contributed by atoms with E-state index in [2.05, 4.69) is 47.8 Å². The van der Waals surface area contributed by atoms with E-state index in [1.807, 2.05) is 16.6 Å². The molecule has 2 saturated heterocycles. The highest BCUT2D eigenvalue weighted by Gasteiger charge is 2.39. The third-order valence-corrected chi connectivity index (χ3v) is 5.23. The van der Waals surface area contributed by atoms with Gasteiger partial charge in [0.2, 0.25) is 0 Å². The van der Waals surface area contributed by atoms with Gasteiger partial charge >= 0.3 is 0 Å². The van der Waals surface area contributed by atoms with Gasteiger partial charge < -0.3 is 14.7 Å². The van der Waals surface area contributed by atoms with Crippen molar-refractivity contribution in [3.63, 3.8) is 0 Å². The molecule has 8 nitrogen and oxygen atoms in total. The number of aliphatic hydroxyl groups is 1. The number of fused-ring (bicyclic) bond motifs is 1. The summed E-state index contributed by atoms with van der Waals surface area (Å²) in [6, 6.07) is 4.46. The Kier molecular flexibility index (Phi) is 3.93. The molecule has 0 aliphatic carbocycles. The molecule has 4 rings (SSSR count). The summed E-state index contributed by atoms with van der Waals surface area (Å²) in [5.41, 5.74) is 0.663. The number of aliphatic hydroxyl groups excluding tert-OH is 1. The average Bonchev–Trinajstić information content (AvgIpc) is 3.10. The fourth-order valence-electron chi connectivity index (χ4n) is 3.51. The standard InChI is InChI=1S/C17H26N6O2/c1-17(2,3)16-19-18-14-5-6-15(20-23(14)16)22-7-11(8-22)21(4)12-9-25-10-13(12)24/h5-6,11-13,24H,7-10H2,1-4H3. The number of rotatable bonds is 3. The molecule has 0 bridgehead atoms. The summed E-state index contributed by atoms with van der Waals surface area (Å²) in [5.74, 6) is 1.80. The fraction of sp³-hybridized carbons (Fsp3) is 0.706. The molecule has 0 saturated carbocycles. The highest BCUT2D eigenvalue weighted by molar-refractivity contribution is 5.48. The second-order valence-electron chi connectivity index (χ2n) is 8.13. The number of likely N-dealkylation sites (N-methyl/N-ethyl adjacent to an activating group) is 1. The van der Waals surface area contributed by atoms with Crippen LogP contribution >= 0.6 is 0 Å². The summed E-state index contributed by atoms with van der Waals surface area (Å²) in [6.07, 6.45) is -0.389. The predicted octanol–water partition coefficient (Wildman–Crippen LogP) is 0.302. The first-order valence-electron chi connectivity index (χ1n) is 8.80. The van der Waals surface area contributed by atoms with Gasteiger partial charge in [-0.1, -0.05) is 20.8 Å². The molecule has 2 aromatic heterocycles. The van der Waals surface area contributed by atoms with E-state index in [0.717, 1.165) is 30.4 Å². The molecule has 8 heteroatoms. The van der Waals surface area contributed by atoms with Gasteiger partial charge in [-0.2, -0.15) is 4.52 Å². The molecule has 2 atom stereocenters. The third-order valence-electron chi connectivity index (χ3n) is 5.23. The second kappa shape index (κ2) is 5.89. The van der Waals surface area contributed by atoms with Gasteiger partial charge in [0, 0.05) is 24.5 Å². The van der Waals surface area contributed by atoms with Crippen molar-refractivity contribution in [3.8, 4) is 0 Å². The lowest BCUT2D eigenvalue weighted by Crippen LogP contribution is -2.62. The van der Waals surface area contributed by atoms with Crippen molar-refractivity contribution in [3.05, 3.63) is 18.0 Å². The van der Waals surface area contributed by atoms with Crippen LogP contribution in [0.3, 0.4) is 0 Å². The van der Waals surface area contributed by atoms with E-state index in [0.29, 0.717) is 19.3 Å². The Morgan fingerprint density at radius 1 is 1.20 bits per heavy atom. The lowest BCUT2D eigenvalue weighted by atomic mass is 9.96. The molecule has 2 fully saturated rings. The van der Waals surface area contributed by atoms with Gasteiger partial charge in [-0.15, -0.1) is 15.3 Å². The highest BCUT2D eigenvalue weighted by Crippen LogP contribution is 2.26. The van der Waals surface area contributed by atoms with E-state index < -0.39 is 0 Å². The Morgan fingerprint density at radius 3 is 2.60 bits per heavy atom. The van der Waals surface area contributed by atoms with Crippen LogP contribution in [0.4, 0.5) is 5.82 Å². The molecule has 2 aliphatic heterocycles. The Balaban J connectivity index is 1.49. The second-order valence-corrected chi connectivity index (χ2v) is 8.13. The van der Waals surface area contributed by atoms with Gasteiger partial charge in [-0.05, 0) is 19.2 Å². The number of aromatic nitrogens is 4. The molecule has 0 radical (unpaired) electrons. The zero-order valence-electron chi connectivity index (χ0n) is 15.3.